The summed E-state index contributed by atoms with van der Waals surface area (Å²) in [5.41, 5.74) is -1.10. The number of fused-ring (bicyclic) bond motifs is 5. The highest BCUT2D eigenvalue weighted by atomic mass is 16.7. The highest BCUT2D eigenvalue weighted by Gasteiger charge is 2.78. The van der Waals surface area contributed by atoms with Crippen LogP contribution in [0.4, 0.5) is 0 Å². The van der Waals surface area contributed by atoms with Gasteiger partial charge in [-0.25, -0.2) is 4.79 Å². The van der Waals surface area contributed by atoms with Gasteiger partial charge in [-0.05, 0) is 46.0 Å². The van der Waals surface area contributed by atoms with Crippen molar-refractivity contribution in [3.05, 3.63) is 23.8 Å². The van der Waals surface area contributed by atoms with Gasteiger partial charge < -0.3 is 19.7 Å². The summed E-state index contributed by atoms with van der Waals surface area (Å²) in [5, 5.41) is 23.0. The maximum absolute atomic E-state index is 12.4. The lowest BCUT2D eigenvalue weighted by atomic mass is 9.75. The van der Waals surface area contributed by atoms with E-state index in [1.807, 2.05) is 13.8 Å². The van der Waals surface area contributed by atoms with Crippen molar-refractivity contribution in [2.75, 3.05) is 0 Å². The number of hydrogen-bond acceptors (Lipinski definition) is 5. The molecule has 0 spiro atoms. The molecule has 1 saturated carbocycles. The molecular weight excluding hydrogens is 320 g/mol. The normalized spacial score (nSPS) is 46.5. The molecule has 5 nitrogen and oxygen atoms in total. The molecule has 0 aromatic rings. The molecule has 2 aliphatic heterocycles. The van der Waals surface area contributed by atoms with Crippen molar-refractivity contribution < 1.29 is 24.5 Å². The number of aliphatic hydroxyl groups is 2. The van der Waals surface area contributed by atoms with E-state index in [0.717, 1.165) is 5.57 Å². The number of carbonyl (C=O) groups is 1. The van der Waals surface area contributed by atoms with Crippen LogP contribution in [0.25, 0.3) is 0 Å². The standard InChI is InChI=1S/C20H30O5/c1-7-12(4)17(21)24-15-10-14(11(2)3)20(23)16-13(5)8-9-19(16,22)18(15,6)25-20/h7,11,14-16,22-23H,5,8-10H2,1-4,6H3/b12-7-/t14-,15-,16+,18+,19-,20-/m1/s1. The van der Waals surface area contributed by atoms with E-state index < -0.39 is 35.0 Å². The van der Waals surface area contributed by atoms with Crippen LogP contribution in [0.15, 0.2) is 23.8 Å². The third-order valence-electron chi connectivity index (χ3n) is 6.78. The monoisotopic (exact) mass is 350 g/mol. The maximum atomic E-state index is 12.4. The van der Waals surface area contributed by atoms with Gasteiger partial charge in [0, 0.05) is 11.5 Å². The Hall–Kier alpha value is -1.17. The molecule has 2 bridgehead atoms. The molecule has 140 valence electrons. The van der Waals surface area contributed by atoms with Gasteiger partial charge in [-0.2, -0.15) is 0 Å². The molecule has 0 aromatic carbocycles. The Bertz CT molecular complexity index is 638. The second kappa shape index (κ2) is 5.66. The van der Waals surface area contributed by atoms with Crippen LogP contribution in [0.1, 0.15) is 53.9 Å². The molecular formula is C20H30O5. The molecule has 0 amide bonds. The summed E-state index contributed by atoms with van der Waals surface area (Å²) in [4.78, 5) is 12.4. The summed E-state index contributed by atoms with van der Waals surface area (Å²) >= 11 is 0. The number of carbonyl (C=O) groups excluding carboxylic acids is 1. The molecule has 1 aliphatic carbocycles. The minimum Gasteiger partial charge on any atom is -0.456 e. The third kappa shape index (κ3) is 2.29. The first-order valence-corrected chi connectivity index (χ1v) is 9.17. The Labute approximate surface area is 149 Å². The summed E-state index contributed by atoms with van der Waals surface area (Å²) in [5.74, 6) is -2.57. The van der Waals surface area contributed by atoms with E-state index in [1.165, 1.54) is 0 Å². The Morgan fingerprint density at radius 1 is 1.44 bits per heavy atom. The van der Waals surface area contributed by atoms with Crippen LogP contribution < -0.4 is 0 Å². The quantitative estimate of drug-likeness (QED) is 0.465. The summed E-state index contributed by atoms with van der Waals surface area (Å²) in [6.07, 6.45) is 2.63. The van der Waals surface area contributed by atoms with E-state index in [0.29, 0.717) is 24.8 Å². The zero-order chi connectivity index (χ0) is 18.8. The van der Waals surface area contributed by atoms with Crippen molar-refractivity contribution in [1.82, 2.24) is 0 Å². The number of ether oxygens (including phenoxy) is 2. The van der Waals surface area contributed by atoms with Crippen molar-refractivity contribution in [2.24, 2.45) is 17.8 Å². The molecule has 5 heteroatoms. The Balaban J connectivity index is 2.06. The number of rotatable bonds is 3. The average molecular weight is 350 g/mol. The van der Waals surface area contributed by atoms with Gasteiger partial charge in [0.15, 0.2) is 5.79 Å². The molecule has 2 N–H and O–H groups in total. The van der Waals surface area contributed by atoms with Crippen molar-refractivity contribution in [3.8, 4) is 0 Å². The van der Waals surface area contributed by atoms with Crippen molar-refractivity contribution in [1.29, 1.82) is 0 Å². The van der Waals surface area contributed by atoms with Crippen LogP contribution in [0.5, 0.6) is 0 Å². The zero-order valence-electron chi connectivity index (χ0n) is 15.8. The lowest BCUT2D eigenvalue weighted by molar-refractivity contribution is -0.322. The fourth-order valence-electron chi connectivity index (χ4n) is 5.14. The predicted octanol–water partition coefficient (Wildman–Crippen LogP) is 2.72. The number of hydrogen-bond donors (Lipinski definition) is 2. The molecule has 0 aromatic heterocycles. The molecule has 3 aliphatic rings. The average Bonchev–Trinajstić information content (AvgIpc) is 2.92. The van der Waals surface area contributed by atoms with E-state index in [1.54, 1.807) is 26.8 Å². The summed E-state index contributed by atoms with van der Waals surface area (Å²) in [6, 6.07) is 0. The number of allylic oxidation sites excluding steroid dienone is 1. The minimum atomic E-state index is -1.47. The first kappa shape index (κ1) is 18.6. The summed E-state index contributed by atoms with van der Waals surface area (Å²) in [6.45, 7) is 13.4. The summed E-state index contributed by atoms with van der Waals surface area (Å²) < 4.78 is 11.9. The number of esters is 1. The second-order valence-corrected chi connectivity index (χ2v) is 8.43. The van der Waals surface area contributed by atoms with Crippen LogP contribution in [0.2, 0.25) is 0 Å². The third-order valence-corrected chi connectivity index (χ3v) is 6.78. The fraction of sp³-hybridized carbons (Fsp3) is 0.750. The fourth-order valence-corrected chi connectivity index (χ4v) is 5.14. The van der Waals surface area contributed by atoms with Gasteiger partial charge in [0.05, 0.1) is 5.92 Å². The Kier molecular flexibility index (Phi) is 4.22. The zero-order valence-corrected chi connectivity index (χ0v) is 15.8. The van der Waals surface area contributed by atoms with E-state index >= 15 is 0 Å². The van der Waals surface area contributed by atoms with Gasteiger partial charge in [0.2, 0.25) is 0 Å². The molecule has 0 radical (unpaired) electrons. The lowest BCUT2D eigenvalue weighted by Crippen LogP contribution is -2.61. The van der Waals surface area contributed by atoms with Gasteiger partial charge in [0.1, 0.15) is 17.3 Å². The molecule has 2 heterocycles. The molecule has 6 atom stereocenters. The maximum Gasteiger partial charge on any atom is 0.333 e. The largest absolute Gasteiger partial charge is 0.456 e. The topological polar surface area (TPSA) is 76.0 Å². The van der Waals surface area contributed by atoms with Crippen molar-refractivity contribution in [3.63, 3.8) is 0 Å². The van der Waals surface area contributed by atoms with Crippen LogP contribution >= 0.6 is 0 Å². The molecule has 25 heavy (non-hydrogen) atoms. The van der Waals surface area contributed by atoms with E-state index in [4.69, 9.17) is 9.47 Å². The first-order chi connectivity index (χ1) is 11.5. The van der Waals surface area contributed by atoms with Crippen LogP contribution in [0, 0.1) is 17.8 Å². The minimum absolute atomic E-state index is 0.106. The van der Waals surface area contributed by atoms with Crippen LogP contribution in [-0.2, 0) is 14.3 Å². The van der Waals surface area contributed by atoms with Gasteiger partial charge >= 0.3 is 5.97 Å². The molecule has 3 fully saturated rings. The smallest absolute Gasteiger partial charge is 0.333 e. The molecule has 0 unspecified atom stereocenters. The van der Waals surface area contributed by atoms with Crippen LogP contribution in [-0.4, -0.2) is 39.3 Å². The van der Waals surface area contributed by atoms with Crippen molar-refractivity contribution >= 4 is 5.97 Å². The Morgan fingerprint density at radius 2 is 2.08 bits per heavy atom. The van der Waals surface area contributed by atoms with Crippen molar-refractivity contribution in [2.45, 2.75) is 77.0 Å². The van der Waals surface area contributed by atoms with Gasteiger partial charge in [-0.3, -0.25) is 0 Å². The Morgan fingerprint density at radius 3 is 2.64 bits per heavy atom. The van der Waals surface area contributed by atoms with Gasteiger partial charge in [-0.15, -0.1) is 0 Å². The predicted molar refractivity (Wildman–Crippen MR) is 93.5 cm³/mol. The van der Waals surface area contributed by atoms with E-state index in [9.17, 15) is 15.0 Å². The highest BCUT2D eigenvalue weighted by Crippen LogP contribution is 2.66. The molecule has 2 saturated heterocycles. The van der Waals surface area contributed by atoms with E-state index in [2.05, 4.69) is 6.58 Å². The second-order valence-electron chi connectivity index (χ2n) is 8.43. The molecule has 3 rings (SSSR count). The van der Waals surface area contributed by atoms with Gasteiger partial charge in [0.25, 0.3) is 0 Å². The van der Waals surface area contributed by atoms with E-state index in [-0.39, 0.29) is 11.8 Å². The van der Waals surface area contributed by atoms with Crippen LogP contribution in [0.3, 0.4) is 0 Å². The first-order valence-electron chi connectivity index (χ1n) is 9.17. The SMILES string of the molecule is C=C1CC[C@@]2(O)[C@H]1[C@]1(O)O[C@@]2(C)[C@H](OC(=O)/C(C)=C\C)C[C@@H]1C(C)C. The highest BCUT2D eigenvalue weighted by molar-refractivity contribution is 5.87. The lowest BCUT2D eigenvalue weighted by Gasteiger charge is -2.48. The van der Waals surface area contributed by atoms with Gasteiger partial charge in [-0.1, -0.05) is 32.1 Å². The summed E-state index contributed by atoms with van der Waals surface area (Å²) in [7, 11) is 0.